The molecule has 6 nitrogen and oxygen atoms in total. The van der Waals surface area contributed by atoms with E-state index in [9.17, 15) is 9.90 Å². The van der Waals surface area contributed by atoms with Crippen LogP contribution < -0.4 is 5.32 Å². The molecule has 0 radical (unpaired) electrons. The molecule has 0 bridgehead atoms. The summed E-state index contributed by atoms with van der Waals surface area (Å²) in [4.78, 5) is 19.2. The van der Waals surface area contributed by atoms with Crippen molar-refractivity contribution in [2.24, 2.45) is 7.05 Å². The molecule has 1 aromatic carbocycles. The van der Waals surface area contributed by atoms with Crippen LogP contribution in [0.25, 0.3) is 10.9 Å². The number of nitrogens with zero attached hydrogens (tertiary/aromatic N) is 3. The molecule has 1 saturated heterocycles. The van der Waals surface area contributed by atoms with Crippen molar-refractivity contribution in [2.75, 3.05) is 13.1 Å². The van der Waals surface area contributed by atoms with Crippen LogP contribution in [0, 0.1) is 0 Å². The molecule has 3 heterocycles. The Labute approximate surface area is 156 Å². The largest absolute Gasteiger partial charge is 0.390 e. The smallest absolute Gasteiger partial charge is 0.252 e. The van der Waals surface area contributed by atoms with Gasteiger partial charge in [0.2, 0.25) is 0 Å². The highest BCUT2D eigenvalue weighted by atomic mass is 32.1. The van der Waals surface area contributed by atoms with Gasteiger partial charge in [0.25, 0.3) is 5.91 Å². The molecule has 2 atom stereocenters. The van der Waals surface area contributed by atoms with Crippen molar-refractivity contribution in [1.29, 1.82) is 0 Å². The fourth-order valence-electron chi connectivity index (χ4n) is 3.60. The van der Waals surface area contributed by atoms with Crippen molar-refractivity contribution in [1.82, 2.24) is 19.8 Å². The molecule has 1 fully saturated rings. The number of rotatable bonds is 4. The molecule has 0 spiro atoms. The zero-order valence-corrected chi connectivity index (χ0v) is 15.4. The van der Waals surface area contributed by atoms with Crippen LogP contribution in [0.3, 0.4) is 0 Å². The van der Waals surface area contributed by atoms with Gasteiger partial charge in [-0.3, -0.25) is 9.69 Å². The van der Waals surface area contributed by atoms with Crippen LogP contribution in [0.4, 0.5) is 0 Å². The summed E-state index contributed by atoms with van der Waals surface area (Å²) in [5.74, 6) is -0.126. The van der Waals surface area contributed by atoms with Crippen LogP contribution in [0.5, 0.6) is 0 Å². The normalized spacial score (nSPS) is 21.2. The Hall–Kier alpha value is -2.22. The van der Waals surface area contributed by atoms with E-state index in [2.05, 4.69) is 15.2 Å². The molecule has 7 heteroatoms. The van der Waals surface area contributed by atoms with Gasteiger partial charge in [0, 0.05) is 54.7 Å². The summed E-state index contributed by atoms with van der Waals surface area (Å²) < 4.78 is 2.00. The molecule has 136 valence electrons. The topological polar surface area (TPSA) is 70.4 Å². The maximum atomic E-state index is 12.8. The summed E-state index contributed by atoms with van der Waals surface area (Å²) in [6.07, 6.45) is 2.09. The molecule has 1 amide bonds. The van der Waals surface area contributed by atoms with Crippen LogP contribution >= 0.6 is 11.3 Å². The Morgan fingerprint density at radius 2 is 2.31 bits per heavy atom. The fraction of sp³-hybridized carbons (Fsp3) is 0.368. The molecule has 26 heavy (non-hydrogen) atoms. The summed E-state index contributed by atoms with van der Waals surface area (Å²) in [5.41, 5.74) is 4.53. The number of thiazole rings is 1. The standard InChI is InChI=1S/C19H22N4O2S/c1-22-7-5-14-15(3-2-4-17(14)22)19(25)21-16-6-8-23(10-18(16)24)9-13-11-26-12-20-13/h2-5,7,11-12,16,18,24H,6,8-10H2,1H3,(H,21,25)/t16-,18-/m1/s1. The molecule has 2 N–H and O–H groups in total. The van der Waals surface area contributed by atoms with E-state index in [0.29, 0.717) is 12.1 Å². The Bertz CT molecular complexity index is 906. The predicted octanol–water partition coefficient (Wildman–Crippen LogP) is 2.00. The molecule has 0 aliphatic carbocycles. The molecular weight excluding hydrogens is 348 g/mol. The monoisotopic (exact) mass is 370 g/mol. The van der Waals surface area contributed by atoms with Gasteiger partial charge < -0.3 is 15.0 Å². The number of aromatic nitrogens is 2. The van der Waals surface area contributed by atoms with Crippen molar-refractivity contribution in [3.8, 4) is 0 Å². The van der Waals surface area contributed by atoms with Gasteiger partial charge in [-0.1, -0.05) is 6.07 Å². The molecule has 3 aromatic rings. The minimum absolute atomic E-state index is 0.126. The molecule has 2 aromatic heterocycles. The Morgan fingerprint density at radius 1 is 1.42 bits per heavy atom. The highest BCUT2D eigenvalue weighted by molar-refractivity contribution is 7.07. The second kappa shape index (κ2) is 7.19. The first-order chi connectivity index (χ1) is 12.6. The Balaban J connectivity index is 1.42. The molecule has 1 aliphatic rings. The number of likely N-dealkylation sites (tertiary alicyclic amines) is 1. The maximum Gasteiger partial charge on any atom is 0.252 e. The molecule has 0 unspecified atom stereocenters. The van der Waals surface area contributed by atoms with Crippen molar-refractivity contribution in [2.45, 2.75) is 25.1 Å². The average molecular weight is 370 g/mol. The average Bonchev–Trinajstić information content (AvgIpc) is 3.27. The third kappa shape index (κ3) is 3.38. The lowest BCUT2D eigenvalue weighted by molar-refractivity contribution is 0.0346. The first kappa shape index (κ1) is 17.2. The number of aliphatic hydroxyl groups is 1. The summed E-state index contributed by atoms with van der Waals surface area (Å²) in [5, 5.41) is 16.5. The Morgan fingerprint density at radius 3 is 3.08 bits per heavy atom. The number of aliphatic hydroxyl groups excluding tert-OH is 1. The third-order valence-corrected chi connectivity index (χ3v) is 5.66. The molecular formula is C19H22N4O2S. The van der Waals surface area contributed by atoms with Crippen molar-refractivity contribution >= 4 is 28.1 Å². The number of β-amino-alcohol motifs (C(OH)–C–C–N with tert-alkyl or cyclic N) is 1. The van der Waals surface area contributed by atoms with E-state index in [4.69, 9.17) is 0 Å². The highest BCUT2D eigenvalue weighted by Crippen LogP contribution is 2.21. The van der Waals surface area contributed by atoms with Gasteiger partial charge in [0.05, 0.1) is 23.4 Å². The van der Waals surface area contributed by atoms with E-state index in [1.165, 1.54) is 0 Å². The zero-order valence-electron chi connectivity index (χ0n) is 14.6. The lowest BCUT2D eigenvalue weighted by Crippen LogP contribution is -2.53. The van der Waals surface area contributed by atoms with Crippen LogP contribution in [0.15, 0.2) is 41.4 Å². The van der Waals surface area contributed by atoms with Crippen LogP contribution in [0.1, 0.15) is 22.5 Å². The third-order valence-electron chi connectivity index (χ3n) is 5.02. The van der Waals surface area contributed by atoms with Gasteiger partial charge >= 0.3 is 0 Å². The number of aryl methyl sites for hydroxylation is 1. The fourth-order valence-corrected chi connectivity index (χ4v) is 4.15. The van der Waals surface area contributed by atoms with Gasteiger partial charge in [-0.15, -0.1) is 11.3 Å². The molecule has 4 rings (SSSR count). The second-order valence-electron chi connectivity index (χ2n) is 6.82. The van der Waals surface area contributed by atoms with E-state index in [1.807, 2.05) is 53.0 Å². The molecule has 1 aliphatic heterocycles. The molecule has 0 saturated carbocycles. The minimum Gasteiger partial charge on any atom is -0.390 e. The quantitative estimate of drug-likeness (QED) is 0.737. The van der Waals surface area contributed by atoms with Gasteiger partial charge in [-0.25, -0.2) is 4.98 Å². The lowest BCUT2D eigenvalue weighted by Gasteiger charge is -2.36. The van der Waals surface area contributed by atoms with Crippen LogP contribution in [0.2, 0.25) is 0 Å². The first-order valence-corrected chi connectivity index (χ1v) is 9.68. The Kier molecular flexibility index (Phi) is 4.76. The number of piperidine rings is 1. The van der Waals surface area contributed by atoms with Crippen molar-refractivity contribution in [3.63, 3.8) is 0 Å². The van der Waals surface area contributed by atoms with Crippen LogP contribution in [-0.4, -0.2) is 50.7 Å². The van der Waals surface area contributed by atoms with Crippen molar-refractivity contribution < 1.29 is 9.90 Å². The number of hydrogen-bond donors (Lipinski definition) is 2. The van der Waals surface area contributed by atoms with E-state index in [-0.39, 0.29) is 11.9 Å². The number of nitrogens with one attached hydrogen (secondary N) is 1. The number of amides is 1. The van der Waals surface area contributed by atoms with Crippen molar-refractivity contribution in [3.05, 3.63) is 52.6 Å². The van der Waals surface area contributed by atoms with E-state index >= 15 is 0 Å². The van der Waals surface area contributed by atoms with E-state index < -0.39 is 6.10 Å². The van der Waals surface area contributed by atoms with E-state index in [0.717, 1.165) is 36.1 Å². The predicted molar refractivity (Wildman–Crippen MR) is 102 cm³/mol. The van der Waals surface area contributed by atoms with Gasteiger partial charge in [-0.2, -0.15) is 0 Å². The van der Waals surface area contributed by atoms with Gasteiger partial charge in [0.15, 0.2) is 0 Å². The highest BCUT2D eigenvalue weighted by Gasteiger charge is 2.29. The first-order valence-electron chi connectivity index (χ1n) is 8.74. The maximum absolute atomic E-state index is 12.8. The summed E-state index contributed by atoms with van der Waals surface area (Å²) in [6.45, 7) is 2.11. The minimum atomic E-state index is -0.582. The van der Waals surface area contributed by atoms with Crippen LogP contribution in [-0.2, 0) is 13.6 Å². The van der Waals surface area contributed by atoms with E-state index in [1.54, 1.807) is 11.3 Å². The number of carbonyl (C=O) groups is 1. The number of benzene rings is 1. The number of carbonyl (C=O) groups excluding carboxylic acids is 1. The SMILES string of the molecule is Cn1ccc2c(C(=O)N[C@@H]3CCN(Cc4cscn4)C[C@H]3O)cccc21. The zero-order chi connectivity index (χ0) is 18.1. The lowest BCUT2D eigenvalue weighted by atomic mass is 10.0. The second-order valence-corrected chi connectivity index (χ2v) is 7.53. The summed E-state index contributed by atoms with van der Waals surface area (Å²) >= 11 is 1.58. The van der Waals surface area contributed by atoms with Gasteiger partial charge in [-0.05, 0) is 24.6 Å². The number of fused-ring (bicyclic) bond motifs is 1. The number of hydrogen-bond acceptors (Lipinski definition) is 5. The summed E-state index contributed by atoms with van der Waals surface area (Å²) in [6, 6.07) is 7.45. The summed E-state index contributed by atoms with van der Waals surface area (Å²) in [7, 11) is 1.96. The van der Waals surface area contributed by atoms with Gasteiger partial charge in [0.1, 0.15) is 0 Å².